The van der Waals surface area contributed by atoms with Gasteiger partial charge < -0.3 is 10.7 Å². The molecule has 0 saturated carbocycles. The minimum Gasteiger partial charge on any atom is -0.342 e. The van der Waals surface area contributed by atoms with Gasteiger partial charge in [-0.05, 0) is 12.1 Å². The number of imidazole rings is 1. The molecular formula is C11H14FN3. The minimum absolute atomic E-state index is 0.172. The van der Waals surface area contributed by atoms with Crippen LogP contribution in [-0.4, -0.2) is 9.97 Å². The first-order valence-corrected chi connectivity index (χ1v) is 5.00. The molecular weight excluding hydrogens is 193 g/mol. The highest BCUT2D eigenvalue weighted by Gasteiger charge is 2.12. The fraction of sp³-hybridized carbons (Fsp3) is 0.364. The molecule has 2 rings (SSSR count). The number of benzene rings is 1. The van der Waals surface area contributed by atoms with E-state index in [1.165, 1.54) is 6.07 Å². The van der Waals surface area contributed by atoms with Gasteiger partial charge in [0, 0.05) is 18.0 Å². The maximum Gasteiger partial charge on any atom is 0.130 e. The molecule has 1 aromatic heterocycles. The summed E-state index contributed by atoms with van der Waals surface area (Å²) in [6.07, 6.45) is 0. The van der Waals surface area contributed by atoms with Crippen LogP contribution in [0.25, 0.3) is 11.0 Å². The topological polar surface area (TPSA) is 54.7 Å². The van der Waals surface area contributed by atoms with Gasteiger partial charge in [0.2, 0.25) is 0 Å². The molecule has 0 spiro atoms. The Bertz CT molecular complexity index is 488. The molecule has 4 heteroatoms. The van der Waals surface area contributed by atoms with Crippen LogP contribution in [0, 0.1) is 5.82 Å². The van der Waals surface area contributed by atoms with E-state index in [1.54, 1.807) is 6.07 Å². The van der Waals surface area contributed by atoms with E-state index in [0.717, 1.165) is 11.3 Å². The normalized spacial score (nSPS) is 11.5. The second-order valence-electron chi connectivity index (χ2n) is 3.90. The van der Waals surface area contributed by atoms with Crippen molar-refractivity contribution in [2.45, 2.75) is 26.3 Å². The highest BCUT2D eigenvalue weighted by atomic mass is 19.1. The summed E-state index contributed by atoms with van der Waals surface area (Å²) in [7, 11) is 0. The Labute approximate surface area is 87.5 Å². The predicted molar refractivity (Wildman–Crippen MR) is 58.0 cm³/mol. The molecule has 3 nitrogen and oxygen atoms in total. The lowest BCUT2D eigenvalue weighted by molar-refractivity contribution is 0.613. The van der Waals surface area contributed by atoms with Gasteiger partial charge in [0.25, 0.3) is 0 Å². The van der Waals surface area contributed by atoms with Crippen molar-refractivity contribution < 1.29 is 4.39 Å². The summed E-state index contributed by atoms with van der Waals surface area (Å²) < 4.78 is 13.4. The van der Waals surface area contributed by atoms with Gasteiger partial charge >= 0.3 is 0 Å². The fourth-order valence-electron chi connectivity index (χ4n) is 1.59. The van der Waals surface area contributed by atoms with Gasteiger partial charge in [0.1, 0.15) is 11.6 Å². The summed E-state index contributed by atoms with van der Waals surface area (Å²) in [5.74, 6) is 0.878. The van der Waals surface area contributed by atoms with E-state index in [9.17, 15) is 4.39 Å². The van der Waals surface area contributed by atoms with E-state index in [1.807, 2.05) is 13.8 Å². The molecule has 0 aliphatic heterocycles. The molecule has 1 heterocycles. The maximum atomic E-state index is 13.4. The van der Waals surface area contributed by atoms with Crippen molar-refractivity contribution in [1.82, 2.24) is 9.97 Å². The first-order chi connectivity index (χ1) is 7.13. The van der Waals surface area contributed by atoms with Crippen LogP contribution in [0.4, 0.5) is 4.39 Å². The van der Waals surface area contributed by atoms with Crippen molar-refractivity contribution in [3.8, 4) is 0 Å². The van der Waals surface area contributed by atoms with Crippen molar-refractivity contribution in [2.75, 3.05) is 0 Å². The van der Waals surface area contributed by atoms with Gasteiger partial charge in [0.05, 0.1) is 11.0 Å². The van der Waals surface area contributed by atoms with Crippen LogP contribution in [0.1, 0.15) is 31.2 Å². The second-order valence-corrected chi connectivity index (χ2v) is 3.90. The van der Waals surface area contributed by atoms with E-state index < -0.39 is 0 Å². The monoisotopic (exact) mass is 207 g/mol. The zero-order valence-corrected chi connectivity index (χ0v) is 8.84. The highest BCUT2D eigenvalue weighted by molar-refractivity contribution is 5.79. The molecule has 2 aromatic rings. The second kappa shape index (κ2) is 3.62. The smallest absolute Gasteiger partial charge is 0.130 e. The van der Waals surface area contributed by atoms with Crippen molar-refractivity contribution >= 4 is 11.0 Å². The van der Waals surface area contributed by atoms with E-state index >= 15 is 0 Å². The largest absolute Gasteiger partial charge is 0.342 e. The zero-order valence-electron chi connectivity index (χ0n) is 8.84. The van der Waals surface area contributed by atoms with Gasteiger partial charge in [-0.2, -0.15) is 0 Å². The molecule has 0 fully saturated rings. The van der Waals surface area contributed by atoms with Crippen LogP contribution in [0.3, 0.4) is 0 Å². The predicted octanol–water partition coefficient (Wildman–Crippen LogP) is 2.28. The van der Waals surface area contributed by atoms with Crippen molar-refractivity contribution in [3.05, 3.63) is 29.3 Å². The lowest BCUT2D eigenvalue weighted by Crippen LogP contribution is -2.00. The van der Waals surface area contributed by atoms with Crippen molar-refractivity contribution in [3.63, 3.8) is 0 Å². The minimum atomic E-state index is -0.285. The Morgan fingerprint density at radius 2 is 2.20 bits per heavy atom. The number of hydrogen-bond donors (Lipinski definition) is 2. The number of nitrogens with one attached hydrogen (secondary N) is 1. The summed E-state index contributed by atoms with van der Waals surface area (Å²) in [4.78, 5) is 7.53. The number of nitrogens with two attached hydrogens (primary N) is 1. The van der Waals surface area contributed by atoms with Crippen LogP contribution in [0.2, 0.25) is 0 Å². The van der Waals surface area contributed by atoms with E-state index in [2.05, 4.69) is 9.97 Å². The molecule has 0 radical (unpaired) electrons. The number of aromatic amines is 1. The Morgan fingerprint density at radius 1 is 1.47 bits per heavy atom. The van der Waals surface area contributed by atoms with Gasteiger partial charge in [-0.15, -0.1) is 0 Å². The zero-order chi connectivity index (χ0) is 11.0. The lowest BCUT2D eigenvalue weighted by atomic mass is 10.2. The summed E-state index contributed by atoms with van der Waals surface area (Å²) in [6.45, 7) is 4.25. The van der Waals surface area contributed by atoms with Crippen LogP contribution in [0.15, 0.2) is 12.1 Å². The maximum absolute atomic E-state index is 13.4. The van der Waals surface area contributed by atoms with E-state index in [-0.39, 0.29) is 12.4 Å². The molecule has 0 bridgehead atoms. The Morgan fingerprint density at radius 3 is 2.80 bits per heavy atom. The molecule has 1 aromatic carbocycles. The van der Waals surface area contributed by atoms with Gasteiger partial charge in [-0.1, -0.05) is 13.8 Å². The third kappa shape index (κ3) is 1.61. The first-order valence-electron chi connectivity index (χ1n) is 5.00. The molecule has 0 amide bonds. The summed E-state index contributed by atoms with van der Waals surface area (Å²) in [6, 6.07) is 3.12. The number of rotatable bonds is 2. The lowest BCUT2D eigenvalue weighted by Gasteiger charge is -1.99. The average molecular weight is 207 g/mol. The quantitative estimate of drug-likeness (QED) is 0.793. The molecule has 0 aliphatic rings. The first kappa shape index (κ1) is 10.1. The number of hydrogen-bond acceptors (Lipinski definition) is 2. The van der Waals surface area contributed by atoms with Crippen molar-refractivity contribution in [1.29, 1.82) is 0 Å². The highest BCUT2D eigenvalue weighted by Crippen LogP contribution is 2.22. The van der Waals surface area contributed by atoms with Gasteiger partial charge in [0.15, 0.2) is 0 Å². The van der Waals surface area contributed by atoms with Crippen molar-refractivity contribution in [2.24, 2.45) is 5.73 Å². The molecule has 80 valence electrons. The fourth-order valence-corrected chi connectivity index (χ4v) is 1.59. The Hall–Kier alpha value is -1.42. The Balaban J connectivity index is 2.70. The Kier molecular flexibility index (Phi) is 2.44. The molecule has 3 N–H and O–H groups in total. The van der Waals surface area contributed by atoms with Crippen LogP contribution in [-0.2, 0) is 6.54 Å². The van der Waals surface area contributed by atoms with Crippen LogP contribution in [0.5, 0.6) is 0 Å². The number of H-pyrrole nitrogens is 1. The number of nitrogens with zero attached hydrogens (tertiary/aromatic N) is 1. The number of halogens is 1. The third-order valence-electron chi connectivity index (χ3n) is 2.47. The molecule has 0 saturated heterocycles. The van der Waals surface area contributed by atoms with Gasteiger partial charge in [-0.25, -0.2) is 9.37 Å². The molecule has 15 heavy (non-hydrogen) atoms. The average Bonchev–Trinajstić information content (AvgIpc) is 2.61. The summed E-state index contributed by atoms with van der Waals surface area (Å²) in [5.41, 5.74) is 7.49. The number of fused-ring (bicyclic) bond motifs is 1. The molecule has 0 atom stereocenters. The summed E-state index contributed by atoms with van der Waals surface area (Å²) >= 11 is 0. The summed E-state index contributed by atoms with van der Waals surface area (Å²) in [5, 5.41) is 0. The van der Waals surface area contributed by atoms with E-state index in [4.69, 9.17) is 5.73 Å². The van der Waals surface area contributed by atoms with Gasteiger partial charge in [-0.3, -0.25) is 0 Å². The third-order valence-corrected chi connectivity index (χ3v) is 2.47. The standard InChI is InChI=1S/C11H14FN3/c1-6(2)11-14-9-4-3-8(12)7(5-13)10(9)15-11/h3-4,6H,5,13H2,1-2H3,(H,14,15). The number of aromatic nitrogens is 2. The molecule has 0 aliphatic carbocycles. The van der Waals surface area contributed by atoms with Crippen LogP contribution >= 0.6 is 0 Å². The molecule has 0 unspecified atom stereocenters. The van der Waals surface area contributed by atoms with Crippen LogP contribution < -0.4 is 5.73 Å². The van der Waals surface area contributed by atoms with E-state index in [0.29, 0.717) is 17.0 Å². The SMILES string of the molecule is CC(C)c1nc2c(CN)c(F)ccc2[nH]1.